The molecule has 0 spiro atoms. The first-order chi connectivity index (χ1) is 7.65. The van der Waals surface area contributed by atoms with Gasteiger partial charge in [-0.2, -0.15) is 0 Å². The van der Waals surface area contributed by atoms with Gasteiger partial charge in [-0.05, 0) is 17.5 Å². The maximum absolute atomic E-state index is 9.91. The number of hydrogen-bond acceptors (Lipinski definition) is 2. The normalized spacial score (nSPS) is 9.31. The number of hydrogen-bond donors (Lipinski definition) is 2. The van der Waals surface area contributed by atoms with Gasteiger partial charge in [0, 0.05) is 18.1 Å². The van der Waals surface area contributed by atoms with Gasteiger partial charge in [-0.15, -0.1) is 0 Å². The highest BCUT2D eigenvalue weighted by Gasteiger charge is 2.05. The van der Waals surface area contributed by atoms with Crippen LogP contribution in [0.3, 0.4) is 0 Å². The van der Waals surface area contributed by atoms with Gasteiger partial charge in [0.2, 0.25) is 5.78 Å². The summed E-state index contributed by atoms with van der Waals surface area (Å²) in [6.45, 7) is 1.51. The van der Waals surface area contributed by atoms with E-state index in [0.717, 1.165) is 0 Å². The number of aliphatic carboxylic acids is 1. The van der Waals surface area contributed by atoms with E-state index in [1.165, 1.54) is 17.8 Å². The SMILES string of the molecule is CCC(=O)C(=O)O.c1ccc2[nH]ccc2c1. The number of rotatable bonds is 2. The first-order valence-electron chi connectivity index (χ1n) is 4.93. The molecule has 0 aliphatic carbocycles. The number of H-pyrrole nitrogens is 1. The van der Waals surface area contributed by atoms with Crippen molar-refractivity contribution in [2.75, 3.05) is 0 Å². The summed E-state index contributed by atoms with van der Waals surface area (Å²) < 4.78 is 0. The van der Waals surface area contributed by atoms with Crippen LogP contribution < -0.4 is 0 Å². The Morgan fingerprint density at radius 3 is 2.44 bits per heavy atom. The molecule has 1 heterocycles. The van der Waals surface area contributed by atoms with Crippen molar-refractivity contribution in [3.8, 4) is 0 Å². The van der Waals surface area contributed by atoms with Crippen molar-refractivity contribution in [2.24, 2.45) is 0 Å². The second-order valence-electron chi connectivity index (χ2n) is 3.15. The van der Waals surface area contributed by atoms with Crippen molar-refractivity contribution >= 4 is 22.7 Å². The Morgan fingerprint density at radius 2 is 1.94 bits per heavy atom. The molecule has 2 N–H and O–H groups in total. The molecule has 4 heteroatoms. The number of benzene rings is 1. The fourth-order valence-corrected chi connectivity index (χ4v) is 1.15. The van der Waals surface area contributed by atoms with Gasteiger partial charge in [0.1, 0.15) is 0 Å². The van der Waals surface area contributed by atoms with E-state index in [1.54, 1.807) is 0 Å². The average Bonchev–Trinajstić information content (AvgIpc) is 2.76. The third-order valence-corrected chi connectivity index (χ3v) is 2.02. The third-order valence-electron chi connectivity index (χ3n) is 2.02. The quantitative estimate of drug-likeness (QED) is 0.761. The number of carbonyl (C=O) groups excluding carboxylic acids is 1. The molecule has 0 saturated heterocycles. The van der Waals surface area contributed by atoms with Crippen molar-refractivity contribution in [1.82, 2.24) is 4.98 Å². The minimum absolute atomic E-state index is 0.0787. The summed E-state index contributed by atoms with van der Waals surface area (Å²) in [6, 6.07) is 10.3. The zero-order valence-corrected chi connectivity index (χ0v) is 8.93. The van der Waals surface area contributed by atoms with E-state index in [1.807, 2.05) is 18.3 Å². The van der Waals surface area contributed by atoms with Crippen molar-refractivity contribution < 1.29 is 14.7 Å². The maximum Gasteiger partial charge on any atom is 0.372 e. The van der Waals surface area contributed by atoms with Gasteiger partial charge in [-0.25, -0.2) is 4.79 Å². The van der Waals surface area contributed by atoms with E-state index in [9.17, 15) is 9.59 Å². The van der Waals surface area contributed by atoms with Crippen LogP contribution in [0.25, 0.3) is 10.9 Å². The molecule has 2 aromatic rings. The largest absolute Gasteiger partial charge is 0.476 e. The van der Waals surface area contributed by atoms with Crippen LogP contribution in [0.2, 0.25) is 0 Å². The molecule has 0 unspecified atom stereocenters. The van der Waals surface area contributed by atoms with Gasteiger partial charge in [-0.3, -0.25) is 4.79 Å². The van der Waals surface area contributed by atoms with Crippen LogP contribution in [0.4, 0.5) is 0 Å². The third kappa shape index (κ3) is 3.24. The number of para-hydroxylation sites is 1. The standard InChI is InChI=1S/C8H7N.C4H6O3/c1-2-4-8-7(3-1)5-6-9-8;1-2-3(5)4(6)7/h1-6,9H;2H2,1H3,(H,6,7). The Labute approximate surface area is 92.9 Å². The predicted octanol–water partition coefficient (Wildman–Crippen LogP) is 2.22. The van der Waals surface area contributed by atoms with E-state index in [0.29, 0.717) is 0 Å². The van der Waals surface area contributed by atoms with Crippen molar-refractivity contribution in [1.29, 1.82) is 0 Å². The van der Waals surface area contributed by atoms with Crippen LogP contribution in [-0.2, 0) is 9.59 Å². The summed E-state index contributed by atoms with van der Waals surface area (Å²) in [4.78, 5) is 22.6. The van der Waals surface area contributed by atoms with Crippen LogP contribution in [0.5, 0.6) is 0 Å². The molecular weight excluding hydrogens is 206 g/mol. The van der Waals surface area contributed by atoms with E-state index >= 15 is 0 Å². The molecule has 4 nitrogen and oxygen atoms in total. The molecule has 0 radical (unpaired) electrons. The first-order valence-corrected chi connectivity index (χ1v) is 4.93. The fourth-order valence-electron chi connectivity index (χ4n) is 1.15. The number of carboxylic acids is 1. The second kappa shape index (κ2) is 5.70. The molecule has 0 aliphatic heterocycles. The van der Waals surface area contributed by atoms with Gasteiger partial charge >= 0.3 is 5.97 Å². The van der Waals surface area contributed by atoms with Crippen molar-refractivity contribution in [3.05, 3.63) is 36.5 Å². The van der Waals surface area contributed by atoms with E-state index in [-0.39, 0.29) is 6.42 Å². The lowest BCUT2D eigenvalue weighted by Crippen LogP contribution is -2.09. The molecule has 0 bridgehead atoms. The van der Waals surface area contributed by atoms with Crippen molar-refractivity contribution in [3.63, 3.8) is 0 Å². The highest BCUT2D eigenvalue weighted by Crippen LogP contribution is 2.09. The molecule has 1 aromatic heterocycles. The van der Waals surface area contributed by atoms with Crippen LogP contribution in [0, 0.1) is 0 Å². The summed E-state index contributed by atoms with van der Waals surface area (Å²) >= 11 is 0. The number of Topliss-reactive ketones (excluding diaryl/α,β-unsaturated/α-hetero) is 1. The summed E-state index contributed by atoms with van der Waals surface area (Å²) in [5.74, 6) is -2.08. The smallest absolute Gasteiger partial charge is 0.372 e. The zero-order chi connectivity index (χ0) is 12.0. The van der Waals surface area contributed by atoms with E-state index < -0.39 is 11.8 Å². The minimum atomic E-state index is -1.34. The molecule has 0 aliphatic rings. The number of ketones is 1. The number of carboxylic acid groups (broad SMARTS) is 1. The Hall–Kier alpha value is -2.10. The Balaban J connectivity index is 0.000000168. The Bertz CT molecular complexity index is 457. The summed E-state index contributed by atoms with van der Waals surface area (Å²) in [7, 11) is 0. The van der Waals surface area contributed by atoms with Gasteiger partial charge < -0.3 is 10.1 Å². The molecular formula is C12H13NO3. The number of aromatic amines is 1. The highest BCUT2D eigenvalue weighted by molar-refractivity contribution is 6.32. The number of carbonyl (C=O) groups is 2. The summed E-state index contributed by atoms with van der Waals surface area (Å²) in [6.07, 6.45) is 2.03. The minimum Gasteiger partial charge on any atom is -0.476 e. The topological polar surface area (TPSA) is 70.2 Å². The van der Waals surface area contributed by atoms with Crippen LogP contribution in [-0.4, -0.2) is 21.8 Å². The summed E-state index contributed by atoms with van der Waals surface area (Å²) in [5.41, 5.74) is 1.21. The molecule has 2 rings (SSSR count). The van der Waals surface area contributed by atoms with Gasteiger partial charge in [-0.1, -0.05) is 25.1 Å². The number of fused-ring (bicyclic) bond motifs is 1. The van der Waals surface area contributed by atoms with Crippen LogP contribution in [0.15, 0.2) is 36.5 Å². The Kier molecular flexibility index (Phi) is 4.27. The predicted molar refractivity (Wildman–Crippen MR) is 61.2 cm³/mol. The lowest BCUT2D eigenvalue weighted by Gasteiger charge is -1.83. The van der Waals surface area contributed by atoms with E-state index in [2.05, 4.69) is 23.2 Å². The highest BCUT2D eigenvalue weighted by atomic mass is 16.4. The zero-order valence-electron chi connectivity index (χ0n) is 8.93. The lowest BCUT2D eigenvalue weighted by molar-refractivity contribution is -0.148. The summed E-state index contributed by atoms with van der Waals surface area (Å²) in [5, 5.41) is 9.11. The molecule has 1 aromatic carbocycles. The molecule has 0 atom stereocenters. The molecule has 0 fully saturated rings. The van der Waals surface area contributed by atoms with Crippen LogP contribution in [0.1, 0.15) is 13.3 Å². The van der Waals surface area contributed by atoms with Gasteiger partial charge in [0.25, 0.3) is 0 Å². The first kappa shape index (κ1) is 12.0. The maximum atomic E-state index is 9.91. The Morgan fingerprint density at radius 1 is 1.25 bits per heavy atom. The molecule has 0 saturated carbocycles. The van der Waals surface area contributed by atoms with Crippen LogP contribution >= 0.6 is 0 Å². The lowest BCUT2D eigenvalue weighted by atomic mass is 10.3. The average molecular weight is 219 g/mol. The second-order valence-corrected chi connectivity index (χ2v) is 3.15. The van der Waals surface area contributed by atoms with E-state index in [4.69, 9.17) is 5.11 Å². The fraction of sp³-hybridized carbons (Fsp3) is 0.167. The van der Waals surface area contributed by atoms with Gasteiger partial charge in [0.05, 0.1) is 0 Å². The number of aromatic nitrogens is 1. The monoisotopic (exact) mass is 219 g/mol. The van der Waals surface area contributed by atoms with Gasteiger partial charge in [0.15, 0.2) is 0 Å². The molecule has 0 amide bonds. The number of nitrogens with one attached hydrogen (secondary N) is 1. The molecule has 16 heavy (non-hydrogen) atoms. The van der Waals surface area contributed by atoms with Crippen molar-refractivity contribution in [2.45, 2.75) is 13.3 Å². The molecule has 84 valence electrons.